The number of nitrogens with one attached hydrogen (secondary N) is 1. The zero-order valence-corrected chi connectivity index (χ0v) is 15.3. The Labute approximate surface area is 157 Å². The van der Waals surface area contributed by atoms with Crippen LogP contribution in [0, 0.1) is 12.5 Å². The first-order valence-electron chi connectivity index (χ1n) is 8.80. The molecule has 1 unspecified atom stereocenters. The molecule has 4 N–H and O–H groups in total. The van der Waals surface area contributed by atoms with Crippen LogP contribution < -0.4 is 10.5 Å². The fourth-order valence-electron chi connectivity index (χ4n) is 2.95. The molecule has 1 aromatic carbocycles. The molecule has 2 heterocycles. The molecule has 0 amide bonds. The molecule has 0 aliphatic carbocycles. The maximum atomic E-state index is 10.2. The van der Waals surface area contributed by atoms with Gasteiger partial charge in [-0.1, -0.05) is 11.6 Å². The van der Waals surface area contributed by atoms with Crippen LogP contribution in [0.15, 0.2) is 29.4 Å². The molecule has 0 bridgehead atoms. The van der Waals surface area contributed by atoms with Crippen molar-refractivity contribution in [3.8, 4) is 11.8 Å². The number of nitrogen functional groups attached to an aromatic ring is 1. The predicted molar refractivity (Wildman–Crippen MR) is 99.0 cm³/mol. The van der Waals surface area contributed by atoms with Crippen LogP contribution in [-0.4, -0.2) is 59.4 Å². The van der Waals surface area contributed by atoms with E-state index in [2.05, 4.69) is 20.0 Å². The van der Waals surface area contributed by atoms with Crippen molar-refractivity contribution in [2.75, 3.05) is 45.2 Å². The number of morpholine rings is 1. The number of phenols is 1. The van der Waals surface area contributed by atoms with Gasteiger partial charge in [-0.25, -0.2) is 5.53 Å². The average Bonchev–Trinajstić information content (AvgIpc) is 2.66. The Morgan fingerprint density at radius 2 is 2.11 bits per heavy atom. The van der Waals surface area contributed by atoms with Crippen molar-refractivity contribution < 1.29 is 14.6 Å². The number of ether oxygens (including phenoxy) is 2. The summed E-state index contributed by atoms with van der Waals surface area (Å²) in [6.45, 7) is 6.26. The number of rotatable bonds is 7. The molecule has 0 spiro atoms. The van der Waals surface area contributed by atoms with Crippen LogP contribution in [0.5, 0.6) is 11.8 Å². The Kier molecular flexibility index (Phi) is 6.15. The third-order valence-corrected chi connectivity index (χ3v) is 4.37. The zero-order chi connectivity index (χ0) is 19.2. The Morgan fingerprint density at radius 3 is 2.85 bits per heavy atom. The highest BCUT2D eigenvalue weighted by molar-refractivity contribution is 5.43. The topological polar surface area (TPSA) is 130 Å². The molecule has 1 atom stereocenters. The first-order valence-corrected chi connectivity index (χ1v) is 8.80. The monoisotopic (exact) mass is 372 g/mol. The minimum absolute atomic E-state index is 0.0496. The van der Waals surface area contributed by atoms with Crippen molar-refractivity contribution in [3.63, 3.8) is 0 Å². The zero-order valence-electron chi connectivity index (χ0n) is 15.3. The second kappa shape index (κ2) is 8.74. The van der Waals surface area contributed by atoms with Gasteiger partial charge in [-0.15, -0.1) is 0 Å². The summed E-state index contributed by atoms with van der Waals surface area (Å²) < 4.78 is 11.0. The Bertz CT molecular complexity index is 795. The quantitative estimate of drug-likeness (QED) is 0.633. The van der Waals surface area contributed by atoms with E-state index in [-0.39, 0.29) is 17.6 Å². The third kappa shape index (κ3) is 4.89. The molecule has 1 fully saturated rings. The minimum Gasteiger partial charge on any atom is -0.508 e. The molecule has 9 nitrogen and oxygen atoms in total. The minimum atomic E-state index is -0.781. The molecule has 27 heavy (non-hydrogen) atoms. The highest BCUT2D eigenvalue weighted by Gasteiger charge is 2.21. The van der Waals surface area contributed by atoms with Crippen LogP contribution in [0.4, 0.5) is 5.82 Å². The van der Waals surface area contributed by atoms with Crippen LogP contribution in [0.25, 0.3) is 0 Å². The van der Waals surface area contributed by atoms with Gasteiger partial charge in [0.1, 0.15) is 24.2 Å². The lowest BCUT2D eigenvalue weighted by molar-refractivity contribution is 0.0317. The predicted octanol–water partition coefficient (Wildman–Crippen LogP) is 1.90. The van der Waals surface area contributed by atoms with Gasteiger partial charge in [-0.3, -0.25) is 4.90 Å². The molecule has 1 aliphatic rings. The molecule has 0 saturated carbocycles. The summed E-state index contributed by atoms with van der Waals surface area (Å²) in [5, 5.41) is 13.8. The molecule has 1 saturated heterocycles. The summed E-state index contributed by atoms with van der Waals surface area (Å²) in [6.07, 6.45) is 0. The molecule has 2 aromatic rings. The summed E-state index contributed by atoms with van der Waals surface area (Å²) in [4.78, 5) is 10.7. The molecule has 1 aliphatic heterocycles. The molecule has 9 heteroatoms. The SMILES string of the molecule is Cc1ccc(O)c(C(N=N)c2cc(N)nc(OCCN3CCOCC3)n2)c1. The maximum Gasteiger partial charge on any atom is 0.318 e. The van der Waals surface area contributed by atoms with E-state index in [1.165, 1.54) is 0 Å². The molecule has 1 aromatic heterocycles. The van der Waals surface area contributed by atoms with Crippen molar-refractivity contribution in [1.29, 1.82) is 5.53 Å². The average molecular weight is 372 g/mol. The highest BCUT2D eigenvalue weighted by Crippen LogP contribution is 2.33. The smallest absolute Gasteiger partial charge is 0.318 e. The first-order chi connectivity index (χ1) is 13.1. The number of aromatic hydroxyl groups is 1. The van der Waals surface area contributed by atoms with E-state index in [0.717, 1.165) is 38.4 Å². The van der Waals surface area contributed by atoms with Gasteiger partial charge >= 0.3 is 6.01 Å². The summed E-state index contributed by atoms with van der Waals surface area (Å²) >= 11 is 0. The fourth-order valence-corrected chi connectivity index (χ4v) is 2.95. The first kappa shape index (κ1) is 19.0. The van der Waals surface area contributed by atoms with Crippen molar-refractivity contribution in [2.24, 2.45) is 5.11 Å². The van der Waals surface area contributed by atoms with E-state index >= 15 is 0 Å². The lowest BCUT2D eigenvalue weighted by atomic mass is 10.0. The Morgan fingerprint density at radius 1 is 1.33 bits per heavy atom. The Balaban J connectivity index is 1.75. The number of phenolic OH excluding ortho intramolecular Hbond substituents is 1. The van der Waals surface area contributed by atoms with Crippen LogP contribution >= 0.6 is 0 Å². The van der Waals surface area contributed by atoms with Crippen molar-refractivity contribution in [3.05, 3.63) is 41.1 Å². The number of anilines is 1. The van der Waals surface area contributed by atoms with E-state index in [1.54, 1.807) is 24.3 Å². The number of hydrogen-bond acceptors (Lipinski definition) is 9. The van der Waals surface area contributed by atoms with E-state index in [9.17, 15) is 5.11 Å². The third-order valence-electron chi connectivity index (χ3n) is 4.37. The molecular weight excluding hydrogens is 348 g/mol. The molecule has 3 rings (SSSR count). The van der Waals surface area contributed by atoms with Crippen LogP contribution in [0.2, 0.25) is 0 Å². The normalized spacial score (nSPS) is 16.0. The van der Waals surface area contributed by atoms with Crippen LogP contribution in [0.3, 0.4) is 0 Å². The van der Waals surface area contributed by atoms with Gasteiger partial charge in [-0.2, -0.15) is 15.1 Å². The van der Waals surface area contributed by atoms with Crippen molar-refractivity contribution >= 4 is 5.82 Å². The highest BCUT2D eigenvalue weighted by atomic mass is 16.5. The largest absolute Gasteiger partial charge is 0.508 e. The van der Waals surface area contributed by atoms with Crippen molar-refractivity contribution in [1.82, 2.24) is 14.9 Å². The van der Waals surface area contributed by atoms with Gasteiger partial charge in [0, 0.05) is 31.3 Å². The number of aromatic nitrogens is 2. The van der Waals surface area contributed by atoms with Crippen LogP contribution in [0.1, 0.15) is 22.9 Å². The second-order valence-corrected chi connectivity index (χ2v) is 6.40. The number of nitrogens with two attached hydrogens (primary N) is 1. The number of hydrogen-bond donors (Lipinski definition) is 3. The van der Waals surface area contributed by atoms with Gasteiger partial charge in [-0.05, 0) is 19.1 Å². The second-order valence-electron chi connectivity index (χ2n) is 6.40. The van der Waals surface area contributed by atoms with Gasteiger partial charge in [0.25, 0.3) is 0 Å². The van der Waals surface area contributed by atoms with E-state index < -0.39 is 6.04 Å². The molecule has 144 valence electrons. The maximum absolute atomic E-state index is 10.2. The molecule has 0 radical (unpaired) electrons. The standard InChI is InChI=1S/C18H24N6O3/c1-12-2-3-15(25)13(10-12)17(23-20)14-11-16(19)22-18(21-14)27-9-6-24-4-7-26-8-5-24/h2-3,10-11,17,20,25H,4-9H2,1H3,(H2,19,21,22). The number of nitrogens with zero attached hydrogens (tertiary/aromatic N) is 4. The van der Waals surface area contributed by atoms with Gasteiger partial charge in [0.05, 0.1) is 18.9 Å². The number of benzene rings is 1. The summed E-state index contributed by atoms with van der Waals surface area (Å²) in [5.41, 5.74) is 15.3. The van der Waals surface area contributed by atoms with Gasteiger partial charge in [0.15, 0.2) is 0 Å². The van der Waals surface area contributed by atoms with Gasteiger partial charge < -0.3 is 20.3 Å². The van der Waals surface area contributed by atoms with Crippen molar-refractivity contribution in [2.45, 2.75) is 13.0 Å². The summed E-state index contributed by atoms with van der Waals surface area (Å²) in [7, 11) is 0. The van der Waals surface area contributed by atoms with Crippen LogP contribution in [-0.2, 0) is 4.74 Å². The van der Waals surface area contributed by atoms with E-state index in [4.69, 9.17) is 20.7 Å². The lowest BCUT2D eigenvalue weighted by Crippen LogP contribution is -2.38. The van der Waals surface area contributed by atoms with E-state index in [0.29, 0.717) is 17.9 Å². The Hall–Kier alpha value is -2.78. The fraction of sp³-hybridized carbons (Fsp3) is 0.444. The van der Waals surface area contributed by atoms with E-state index in [1.807, 2.05) is 6.92 Å². The lowest BCUT2D eigenvalue weighted by Gasteiger charge is -2.26. The molecular formula is C18H24N6O3. The summed E-state index contributed by atoms with van der Waals surface area (Å²) in [6, 6.07) is 6.03. The summed E-state index contributed by atoms with van der Waals surface area (Å²) in [5.74, 6) is 0.274. The number of aryl methyl sites for hydroxylation is 1. The van der Waals surface area contributed by atoms with Gasteiger partial charge in [0.2, 0.25) is 0 Å².